The smallest absolute Gasteiger partial charge is 0.260 e. The Balaban J connectivity index is 1.72. The second kappa shape index (κ2) is 8.85. The molecule has 0 bridgehead atoms. The number of hydrogen-bond acceptors (Lipinski definition) is 3. The van der Waals surface area contributed by atoms with E-state index in [1.807, 2.05) is 12.1 Å². The average Bonchev–Trinajstić information content (AvgIpc) is 2.55. The first-order valence-electron chi connectivity index (χ1n) is 7.44. The molecule has 2 aromatic carbocycles. The molecule has 0 aromatic heterocycles. The molecule has 1 unspecified atom stereocenters. The minimum absolute atomic E-state index is 0.144. The summed E-state index contributed by atoms with van der Waals surface area (Å²) < 4.78 is 5.58. The van der Waals surface area contributed by atoms with Crippen molar-refractivity contribution >= 4 is 29.3 Å². The molecule has 0 saturated heterocycles. The second-order valence-electron chi connectivity index (χ2n) is 5.14. The van der Waals surface area contributed by atoms with E-state index in [0.717, 1.165) is 5.75 Å². The number of amides is 1. The first-order valence-corrected chi connectivity index (χ1v) is 8.81. The average molecular weight is 350 g/mol. The predicted molar refractivity (Wildman–Crippen MR) is 96.5 cm³/mol. The van der Waals surface area contributed by atoms with E-state index in [9.17, 15) is 4.79 Å². The highest BCUT2D eigenvalue weighted by atomic mass is 35.5. The highest BCUT2D eigenvalue weighted by Gasteiger charge is 2.15. The molecule has 5 heteroatoms. The van der Waals surface area contributed by atoms with Crippen LogP contribution in [0.4, 0.5) is 0 Å². The van der Waals surface area contributed by atoms with Gasteiger partial charge in [0, 0.05) is 17.2 Å². The molecule has 0 fully saturated rings. The van der Waals surface area contributed by atoms with Gasteiger partial charge in [-0.2, -0.15) is 0 Å². The fraction of sp³-hybridized carbons (Fsp3) is 0.278. The molecule has 2 aromatic rings. The van der Waals surface area contributed by atoms with Crippen molar-refractivity contribution in [1.82, 2.24) is 5.32 Å². The van der Waals surface area contributed by atoms with Gasteiger partial charge in [-0.25, -0.2) is 0 Å². The van der Waals surface area contributed by atoms with Crippen molar-refractivity contribution in [2.24, 2.45) is 0 Å². The Bertz CT molecular complexity index is 646. The summed E-state index contributed by atoms with van der Waals surface area (Å²) in [5.74, 6) is 1.19. The Morgan fingerprint density at radius 2 is 1.91 bits per heavy atom. The number of carbonyl (C=O) groups excluding carboxylic acids is 1. The van der Waals surface area contributed by atoms with Crippen molar-refractivity contribution in [3.05, 3.63) is 59.1 Å². The molecule has 0 aliphatic rings. The Labute approximate surface area is 146 Å². The van der Waals surface area contributed by atoms with Gasteiger partial charge in [0.2, 0.25) is 0 Å². The largest absolute Gasteiger partial charge is 0.479 e. The molecule has 0 radical (unpaired) electrons. The zero-order chi connectivity index (χ0) is 16.7. The van der Waals surface area contributed by atoms with E-state index >= 15 is 0 Å². The maximum absolute atomic E-state index is 12.0. The number of halogens is 1. The molecule has 23 heavy (non-hydrogen) atoms. The Morgan fingerprint density at radius 3 is 2.61 bits per heavy atom. The van der Waals surface area contributed by atoms with Crippen LogP contribution in [0.25, 0.3) is 0 Å². The zero-order valence-corrected chi connectivity index (χ0v) is 14.8. The van der Waals surface area contributed by atoms with Gasteiger partial charge in [0.15, 0.2) is 6.10 Å². The van der Waals surface area contributed by atoms with Gasteiger partial charge in [0.05, 0.1) is 5.02 Å². The van der Waals surface area contributed by atoms with Gasteiger partial charge in [-0.05, 0) is 38.1 Å². The predicted octanol–water partition coefficient (Wildman–Crippen LogP) is 4.32. The standard InChI is InChI=1S/C18H20ClNO2S/c1-13-7-9-15(10-8-13)23-12-11-20-18(21)14(2)22-17-6-4-3-5-16(17)19/h3-10,14H,11-12H2,1-2H3,(H,20,21). The van der Waals surface area contributed by atoms with Crippen molar-refractivity contribution < 1.29 is 9.53 Å². The van der Waals surface area contributed by atoms with Crippen LogP contribution in [0.3, 0.4) is 0 Å². The third kappa shape index (κ3) is 5.81. The third-order valence-electron chi connectivity index (χ3n) is 3.20. The summed E-state index contributed by atoms with van der Waals surface area (Å²) in [6.45, 7) is 4.37. The van der Waals surface area contributed by atoms with E-state index in [-0.39, 0.29) is 5.91 Å². The lowest BCUT2D eigenvalue weighted by atomic mass is 10.2. The van der Waals surface area contributed by atoms with Gasteiger partial charge in [0.25, 0.3) is 5.91 Å². The minimum Gasteiger partial charge on any atom is -0.479 e. The fourth-order valence-corrected chi connectivity index (χ4v) is 2.85. The molecule has 0 aliphatic carbocycles. The van der Waals surface area contributed by atoms with Gasteiger partial charge < -0.3 is 10.1 Å². The molecular weight excluding hydrogens is 330 g/mol. The molecule has 122 valence electrons. The number of carbonyl (C=O) groups is 1. The summed E-state index contributed by atoms with van der Waals surface area (Å²) >= 11 is 7.73. The molecule has 0 spiro atoms. The van der Waals surface area contributed by atoms with Crippen molar-refractivity contribution in [2.45, 2.75) is 24.8 Å². The number of para-hydroxylation sites is 1. The molecule has 0 saturated carbocycles. The molecule has 1 N–H and O–H groups in total. The van der Waals surface area contributed by atoms with Gasteiger partial charge in [-0.1, -0.05) is 41.4 Å². The molecule has 0 heterocycles. The SMILES string of the molecule is Cc1ccc(SCCNC(=O)C(C)Oc2ccccc2Cl)cc1. The summed E-state index contributed by atoms with van der Waals surface area (Å²) in [6.07, 6.45) is -0.584. The van der Waals surface area contributed by atoms with Gasteiger partial charge in [-0.15, -0.1) is 11.8 Å². The van der Waals surface area contributed by atoms with Crippen LogP contribution in [0.2, 0.25) is 5.02 Å². The molecule has 1 atom stereocenters. The van der Waals surface area contributed by atoms with E-state index in [1.54, 1.807) is 30.8 Å². The summed E-state index contributed by atoms with van der Waals surface area (Å²) in [6, 6.07) is 15.5. The second-order valence-corrected chi connectivity index (χ2v) is 6.72. The molecule has 0 aliphatic heterocycles. The topological polar surface area (TPSA) is 38.3 Å². The van der Waals surface area contributed by atoms with Gasteiger partial charge in [0.1, 0.15) is 5.75 Å². The van der Waals surface area contributed by atoms with Crippen LogP contribution in [-0.2, 0) is 4.79 Å². The van der Waals surface area contributed by atoms with E-state index in [4.69, 9.17) is 16.3 Å². The normalized spacial score (nSPS) is 11.8. The number of aryl methyl sites for hydroxylation is 1. The first kappa shape index (κ1) is 17.7. The highest BCUT2D eigenvalue weighted by molar-refractivity contribution is 7.99. The Hall–Kier alpha value is -1.65. The molecule has 1 amide bonds. The number of hydrogen-bond donors (Lipinski definition) is 1. The van der Waals surface area contributed by atoms with Crippen LogP contribution < -0.4 is 10.1 Å². The summed E-state index contributed by atoms with van der Waals surface area (Å²) in [4.78, 5) is 13.2. The highest BCUT2D eigenvalue weighted by Crippen LogP contribution is 2.24. The number of nitrogens with one attached hydrogen (secondary N) is 1. The lowest BCUT2D eigenvalue weighted by Gasteiger charge is -2.15. The van der Waals surface area contributed by atoms with E-state index in [1.165, 1.54) is 10.5 Å². The molecular formula is C18H20ClNO2S. The van der Waals surface area contributed by atoms with E-state index in [0.29, 0.717) is 17.3 Å². The van der Waals surface area contributed by atoms with Crippen LogP contribution in [0.1, 0.15) is 12.5 Å². The van der Waals surface area contributed by atoms with E-state index in [2.05, 4.69) is 36.5 Å². The van der Waals surface area contributed by atoms with Crippen LogP contribution in [0, 0.1) is 6.92 Å². The van der Waals surface area contributed by atoms with Crippen molar-refractivity contribution in [3.8, 4) is 5.75 Å². The maximum Gasteiger partial charge on any atom is 0.260 e. The van der Waals surface area contributed by atoms with Crippen LogP contribution in [0.5, 0.6) is 5.75 Å². The number of benzene rings is 2. The van der Waals surface area contributed by atoms with E-state index < -0.39 is 6.10 Å². The van der Waals surface area contributed by atoms with Crippen LogP contribution >= 0.6 is 23.4 Å². The zero-order valence-electron chi connectivity index (χ0n) is 13.2. The Kier molecular flexibility index (Phi) is 6.81. The van der Waals surface area contributed by atoms with Crippen molar-refractivity contribution in [3.63, 3.8) is 0 Å². The maximum atomic E-state index is 12.0. The Morgan fingerprint density at radius 1 is 1.22 bits per heavy atom. The van der Waals surface area contributed by atoms with Gasteiger partial charge >= 0.3 is 0 Å². The lowest BCUT2D eigenvalue weighted by Crippen LogP contribution is -2.37. The molecule has 3 nitrogen and oxygen atoms in total. The summed E-state index contributed by atoms with van der Waals surface area (Å²) in [5, 5.41) is 3.38. The van der Waals surface area contributed by atoms with Crippen LogP contribution in [0.15, 0.2) is 53.4 Å². The van der Waals surface area contributed by atoms with Crippen molar-refractivity contribution in [1.29, 1.82) is 0 Å². The van der Waals surface area contributed by atoms with Crippen LogP contribution in [-0.4, -0.2) is 24.3 Å². The number of thioether (sulfide) groups is 1. The summed E-state index contributed by atoms with van der Waals surface area (Å²) in [5.41, 5.74) is 1.24. The quantitative estimate of drug-likeness (QED) is 0.597. The monoisotopic (exact) mass is 349 g/mol. The van der Waals surface area contributed by atoms with Crippen molar-refractivity contribution in [2.75, 3.05) is 12.3 Å². The fourth-order valence-electron chi connectivity index (χ4n) is 1.91. The third-order valence-corrected chi connectivity index (χ3v) is 4.53. The first-order chi connectivity index (χ1) is 11.1. The lowest BCUT2D eigenvalue weighted by molar-refractivity contribution is -0.127. The molecule has 2 rings (SSSR count). The number of ether oxygens (including phenoxy) is 1. The number of rotatable bonds is 7. The minimum atomic E-state index is -0.584. The summed E-state index contributed by atoms with van der Waals surface area (Å²) in [7, 11) is 0. The van der Waals surface area contributed by atoms with Gasteiger partial charge in [-0.3, -0.25) is 4.79 Å².